The molecule has 3 amide bonds. The van der Waals surface area contributed by atoms with E-state index in [0.717, 1.165) is 5.69 Å². The number of rotatable bonds is 8. The van der Waals surface area contributed by atoms with E-state index in [-0.39, 0.29) is 36.2 Å². The van der Waals surface area contributed by atoms with Crippen LogP contribution in [0.1, 0.15) is 38.1 Å². The van der Waals surface area contributed by atoms with Gasteiger partial charge in [0.25, 0.3) is 5.91 Å². The van der Waals surface area contributed by atoms with Crippen molar-refractivity contribution in [2.45, 2.75) is 33.7 Å². The normalized spacial score (nSPS) is 10.6. The van der Waals surface area contributed by atoms with E-state index in [1.54, 1.807) is 42.5 Å². The van der Waals surface area contributed by atoms with E-state index in [2.05, 4.69) is 21.3 Å². The van der Waals surface area contributed by atoms with Crippen LogP contribution in [0.3, 0.4) is 0 Å². The third-order valence-electron chi connectivity index (χ3n) is 3.96. The van der Waals surface area contributed by atoms with E-state index in [1.165, 1.54) is 0 Å². The van der Waals surface area contributed by atoms with Crippen molar-refractivity contribution >= 4 is 34.8 Å². The highest BCUT2D eigenvalue weighted by Crippen LogP contribution is 2.16. The summed E-state index contributed by atoms with van der Waals surface area (Å²) >= 11 is 0. The molecule has 154 valence electrons. The van der Waals surface area contributed by atoms with E-state index >= 15 is 0 Å². The lowest BCUT2D eigenvalue weighted by atomic mass is 10.2. The minimum absolute atomic E-state index is 0.0603. The van der Waals surface area contributed by atoms with Crippen LogP contribution in [0.5, 0.6) is 0 Å². The first-order chi connectivity index (χ1) is 13.7. The highest BCUT2D eigenvalue weighted by atomic mass is 16.2. The molecular weight excluding hydrogens is 368 g/mol. The van der Waals surface area contributed by atoms with Crippen LogP contribution < -0.4 is 21.3 Å². The Morgan fingerprint density at radius 3 is 2.10 bits per heavy atom. The number of carbonyl (C=O) groups is 3. The van der Waals surface area contributed by atoms with Crippen LogP contribution >= 0.6 is 0 Å². The number of benzene rings is 2. The summed E-state index contributed by atoms with van der Waals surface area (Å²) in [5.41, 5.74) is 2.54. The van der Waals surface area contributed by atoms with E-state index in [1.807, 2.05) is 33.8 Å². The van der Waals surface area contributed by atoms with Crippen LogP contribution in [0.25, 0.3) is 0 Å². The molecule has 7 nitrogen and oxygen atoms in total. The fourth-order valence-electron chi connectivity index (χ4n) is 2.43. The first kappa shape index (κ1) is 21.9. The minimum Gasteiger partial charge on any atom is -0.376 e. The third-order valence-corrected chi connectivity index (χ3v) is 3.96. The SMILES string of the molecule is CC(C)NC(=O)c1ccc(NC(=O)CNc2cccc(NC(=O)C(C)C)c2)cc1. The van der Waals surface area contributed by atoms with Crippen LogP contribution in [0.4, 0.5) is 17.1 Å². The molecule has 0 saturated heterocycles. The summed E-state index contributed by atoms with van der Waals surface area (Å²) in [6, 6.07) is 14.0. The number of amides is 3. The maximum Gasteiger partial charge on any atom is 0.251 e. The van der Waals surface area contributed by atoms with Crippen molar-refractivity contribution in [1.29, 1.82) is 0 Å². The largest absolute Gasteiger partial charge is 0.376 e. The molecule has 0 radical (unpaired) electrons. The van der Waals surface area contributed by atoms with Gasteiger partial charge in [-0.15, -0.1) is 0 Å². The molecule has 4 N–H and O–H groups in total. The number of carbonyl (C=O) groups excluding carboxylic acids is 3. The Kier molecular flexibility index (Phi) is 7.77. The van der Waals surface area contributed by atoms with Crippen molar-refractivity contribution in [3.63, 3.8) is 0 Å². The summed E-state index contributed by atoms with van der Waals surface area (Å²) in [5.74, 6) is -0.546. The lowest BCUT2D eigenvalue weighted by molar-refractivity contribution is -0.119. The first-order valence-corrected chi connectivity index (χ1v) is 9.60. The molecule has 0 aromatic heterocycles. The first-order valence-electron chi connectivity index (χ1n) is 9.60. The average molecular weight is 396 g/mol. The summed E-state index contributed by atoms with van der Waals surface area (Å²) in [6.07, 6.45) is 0. The lowest BCUT2D eigenvalue weighted by Gasteiger charge is -2.11. The van der Waals surface area contributed by atoms with Gasteiger partial charge in [0.1, 0.15) is 0 Å². The van der Waals surface area contributed by atoms with E-state index in [0.29, 0.717) is 16.9 Å². The van der Waals surface area contributed by atoms with Crippen LogP contribution in [-0.4, -0.2) is 30.3 Å². The van der Waals surface area contributed by atoms with Gasteiger partial charge in [-0.2, -0.15) is 0 Å². The highest BCUT2D eigenvalue weighted by Gasteiger charge is 2.09. The third kappa shape index (κ3) is 7.29. The van der Waals surface area contributed by atoms with Gasteiger partial charge in [-0.25, -0.2) is 0 Å². The van der Waals surface area contributed by atoms with Gasteiger partial charge < -0.3 is 21.3 Å². The molecule has 0 atom stereocenters. The van der Waals surface area contributed by atoms with Crippen LogP contribution in [0.2, 0.25) is 0 Å². The predicted octanol–water partition coefficient (Wildman–Crippen LogP) is 3.47. The number of hydrogen-bond acceptors (Lipinski definition) is 4. The molecule has 2 rings (SSSR count). The van der Waals surface area contributed by atoms with E-state index < -0.39 is 0 Å². The zero-order valence-corrected chi connectivity index (χ0v) is 17.2. The van der Waals surface area contributed by atoms with Crippen molar-refractivity contribution < 1.29 is 14.4 Å². The van der Waals surface area contributed by atoms with Gasteiger partial charge in [-0.1, -0.05) is 19.9 Å². The molecule has 0 spiro atoms. The molecule has 7 heteroatoms. The molecule has 0 aliphatic carbocycles. The molecule has 0 heterocycles. The topological polar surface area (TPSA) is 99.3 Å². The second-order valence-corrected chi connectivity index (χ2v) is 7.33. The molecule has 0 unspecified atom stereocenters. The summed E-state index contributed by atoms with van der Waals surface area (Å²) in [4.78, 5) is 35.9. The van der Waals surface area contributed by atoms with Gasteiger partial charge in [-0.3, -0.25) is 14.4 Å². The Balaban J connectivity index is 1.87. The molecule has 0 aliphatic rings. The fourth-order valence-corrected chi connectivity index (χ4v) is 2.43. The summed E-state index contributed by atoms with van der Waals surface area (Å²) in [6.45, 7) is 7.51. The number of anilines is 3. The number of hydrogen-bond donors (Lipinski definition) is 4. The van der Waals surface area contributed by atoms with Crippen molar-refractivity contribution in [3.05, 3.63) is 54.1 Å². The fraction of sp³-hybridized carbons (Fsp3) is 0.318. The van der Waals surface area contributed by atoms with Crippen molar-refractivity contribution in [1.82, 2.24) is 5.32 Å². The van der Waals surface area contributed by atoms with Crippen LogP contribution in [0.15, 0.2) is 48.5 Å². The maximum atomic E-state index is 12.2. The molecule has 0 saturated carbocycles. The molecule has 0 fully saturated rings. The predicted molar refractivity (Wildman–Crippen MR) is 116 cm³/mol. The van der Waals surface area contributed by atoms with E-state index in [9.17, 15) is 14.4 Å². The summed E-state index contributed by atoms with van der Waals surface area (Å²) < 4.78 is 0. The molecule has 0 bridgehead atoms. The van der Waals surface area contributed by atoms with Gasteiger partial charge in [0.05, 0.1) is 6.54 Å². The molecule has 29 heavy (non-hydrogen) atoms. The van der Waals surface area contributed by atoms with Crippen molar-refractivity contribution in [2.24, 2.45) is 5.92 Å². The summed E-state index contributed by atoms with van der Waals surface area (Å²) in [7, 11) is 0. The molecule has 2 aromatic rings. The molecule has 2 aromatic carbocycles. The Bertz CT molecular complexity index is 861. The Morgan fingerprint density at radius 1 is 0.828 bits per heavy atom. The van der Waals surface area contributed by atoms with Gasteiger partial charge in [0, 0.05) is 34.6 Å². The summed E-state index contributed by atoms with van der Waals surface area (Å²) in [5, 5.41) is 11.4. The van der Waals surface area contributed by atoms with Gasteiger partial charge in [0.2, 0.25) is 11.8 Å². The Labute approximate surface area is 171 Å². The minimum atomic E-state index is -0.221. The van der Waals surface area contributed by atoms with Crippen molar-refractivity contribution in [2.75, 3.05) is 22.5 Å². The second-order valence-electron chi connectivity index (χ2n) is 7.33. The van der Waals surface area contributed by atoms with Gasteiger partial charge >= 0.3 is 0 Å². The molecular formula is C22H28N4O3. The average Bonchev–Trinajstić information content (AvgIpc) is 2.66. The number of nitrogens with one attached hydrogen (secondary N) is 4. The van der Waals surface area contributed by atoms with Gasteiger partial charge in [0.15, 0.2) is 0 Å². The zero-order chi connectivity index (χ0) is 21.4. The maximum absolute atomic E-state index is 12.2. The van der Waals surface area contributed by atoms with E-state index in [4.69, 9.17) is 0 Å². The molecule has 0 aliphatic heterocycles. The Morgan fingerprint density at radius 2 is 1.48 bits per heavy atom. The van der Waals surface area contributed by atoms with Gasteiger partial charge in [-0.05, 0) is 56.3 Å². The highest BCUT2D eigenvalue weighted by molar-refractivity contribution is 5.97. The lowest BCUT2D eigenvalue weighted by Crippen LogP contribution is -2.30. The van der Waals surface area contributed by atoms with Crippen LogP contribution in [0, 0.1) is 5.92 Å². The second kappa shape index (κ2) is 10.3. The van der Waals surface area contributed by atoms with Crippen LogP contribution in [-0.2, 0) is 9.59 Å². The quantitative estimate of drug-likeness (QED) is 0.549. The zero-order valence-electron chi connectivity index (χ0n) is 17.2. The van der Waals surface area contributed by atoms with Crippen molar-refractivity contribution in [3.8, 4) is 0 Å². The standard InChI is InChI=1S/C22H28N4O3/c1-14(2)21(28)26-19-7-5-6-18(12-19)23-13-20(27)25-17-10-8-16(9-11-17)22(29)24-15(3)4/h5-12,14-15,23H,13H2,1-4H3,(H,24,29)(H,25,27)(H,26,28). The smallest absolute Gasteiger partial charge is 0.251 e. The Hall–Kier alpha value is -3.35. The monoisotopic (exact) mass is 396 g/mol.